The van der Waals surface area contributed by atoms with Crippen LogP contribution in [0.5, 0.6) is 0 Å². The molecule has 0 spiro atoms. The van der Waals surface area contributed by atoms with Gasteiger partial charge >= 0.3 is 0 Å². The van der Waals surface area contributed by atoms with Crippen LogP contribution < -0.4 is 0 Å². The van der Waals surface area contributed by atoms with Crippen molar-refractivity contribution in [2.75, 3.05) is 13.1 Å². The molecule has 1 saturated carbocycles. The maximum Gasteiger partial charge on any atom is 0.0118 e. The molecule has 0 bridgehead atoms. The third kappa shape index (κ3) is 1.73. The van der Waals surface area contributed by atoms with E-state index < -0.39 is 0 Å². The highest BCUT2D eigenvalue weighted by Crippen LogP contribution is 2.37. The lowest BCUT2D eigenvalue weighted by atomic mass is 9.93. The van der Waals surface area contributed by atoms with Gasteiger partial charge in [-0.2, -0.15) is 0 Å². The molecule has 2 unspecified atom stereocenters. The molecule has 1 saturated heterocycles. The van der Waals surface area contributed by atoms with Gasteiger partial charge in [0, 0.05) is 13.1 Å². The summed E-state index contributed by atoms with van der Waals surface area (Å²) in [5, 5.41) is 0. The predicted octanol–water partition coefficient (Wildman–Crippen LogP) is 2.34. The van der Waals surface area contributed by atoms with Crippen molar-refractivity contribution in [2.45, 2.75) is 32.1 Å². The Balaban J connectivity index is 1.98. The van der Waals surface area contributed by atoms with E-state index in [2.05, 4.69) is 17.1 Å². The summed E-state index contributed by atoms with van der Waals surface area (Å²) in [5.74, 6) is 2.03. The highest BCUT2D eigenvalue weighted by molar-refractivity contribution is 7.77. The number of thiol groups is 1. The molecule has 2 aliphatic rings. The van der Waals surface area contributed by atoms with E-state index in [0.717, 1.165) is 11.8 Å². The van der Waals surface area contributed by atoms with E-state index in [4.69, 9.17) is 0 Å². The summed E-state index contributed by atoms with van der Waals surface area (Å²) in [7, 11) is 0. The summed E-state index contributed by atoms with van der Waals surface area (Å²) in [4.78, 5) is 0. The number of hydrogen-bond acceptors (Lipinski definition) is 2. The molecule has 1 nitrogen and oxygen atoms in total. The number of hydrogen-bond donors (Lipinski definition) is 1. The monoisotopic (exact) mass is 171 g/mol. The lowest BCUT2D eigenvalue weighted by Crippen LogP contribution is -2.20. The van der Waals surface area contributed by atoms with Crippen molar-refractivity contribution < 1.29 is 0 Å². The molecule has 1 aliphatic heterocycles. The van der Waals surface area contributed by atoms with E-state index in [-0.39, 0.29) is 0 Å². The van der Waals surface area contributed by atoms with Gasteiger partial charge in [-0.05, 0) is 31.1 Å². The summed E-state index contributed by atoms with van der Waals surface area (Å²) in [6.45, 7) is 2.45. The van der Waals surface area contributed by atoms with E-state index in [1.807, 2.05) is 0 Å². The summed E-state index contributed by atoms with van der Waals surface area (Å²) in [5.41, 5.74) is 0. The molecule has 11 heavy (non-hydrogen) atoms. The zero-order valence-corrected chi connectivity index (χ0v) is 7.89. The van der Waals surface area contributed by atoms with Gasteiger partial charge in [-0.25, -0.2) is 0 Å². The van der Waals surface area contributed by atoms with E-state index in [1.165, 1.54) is 45.2 Å². The standard InChI is InChI=1S/C9H17NS/c11-10-6-2-5-8-3-1-4-9(8)7-10/h8-9,11H,1-7H2. The van der Waals surface area contributed by atoms with Crippen molar-refractivity contribution in [1.29, 1.82) is 0 Å². The van der Waals surface area contributed by atoms with Crippen LogP contribution in [0.2, 0.25) is 0 Å². The maximum absolute atomic E-state index is 4.45. The first kappa shape index (κ1) is 7.93. The molecule has 0 N–H and O–H groups in total. The van der Waals surface area contributed by atoms with Crippen molar-refractivity contribution in [3.63, 3.8) is 0 Å². The van der Waals surface area contributed by atoms with Crippen molar-refractivity contribution in [2.24, 2.45) is 11.8 Å². The first-order valence-electron chi connectivity index (χ1n) is 4.80. The van der Waals surface area contributed by atoms with Crippen molar-refractivity contribution in [1.82, 2.24) is 4.31 Å². The Kier molecular flexibility index (Phi) is 2.42. The second kappa shape index (κ2) is 3.36. The third-order valence-electron chi connectivity index (χ3n) is 3.25. The Labute approximate surface area is 74.7 Å². The first-order chi connectivity index (χ1) is 5.36. The van der Waals surface area contributed by atoms with Gasteiger partial charge in [0.25, 0.3) is 0 Å². The van der Waals surface area contributed by atoms with Gasteiger partial charge in [-0.15, -0.1) is 0 Å². The molecule has 2 rings (SSSR count). The van der Waals surface area contributed by atoms with E-state index in [1.54, 1.807) is 0 Å². The predicted molar refractivity (Wildman–Crippen MR) is 50.6 cm³/mol. The molecule has 0 amide bonds. The normalized spacial score (nSPS) is 40.1. The minimum atomic E-state index is 0.981. The molecule has 2 heteroatoms. The minimum Gasteiger partial charge on any atom is -0.253 e. The summed E-state index contributed by atoms with van der Waals surface area (Å²) < 4.78 is 2.22. The van der Waals surface area contributed by atoms with Gasteiger partial charge < -0.3 is 0 Å². The van der Waals surface area contributed by atoms with Crippen LogP contribution >= 0.6 is 12.8 Å². The average molecular weight is 171 g/mol. The van der Waals surface area contributed by atoms with Gasteiger partial charge in [0.2, 0.25) is 0 Å². The van der Waals surface area contributed by atoms with E-state index >= 15 is 0 Å². The highest BCUT2D eigenvalue weighted by atomic mass is 32.1. The molecule has 1 heterocycles. The van der Waals surface area contributed by atoms with Crippen molar-refractivity contribution in [3.05, 3.63) is 0 Å². The third-order valence-corrected chi connectivity index (χ3v) is 3.62. The fourth-order valence-corrected chi connectivity index (χ4v) is 2.98. The number of nitrogens with zero attached hydrogens (tertiary/aromatic N) is 1. The quantitative estimate of drug-likeness (QED) is 0.548. The molecule has 1 aliphatic carbocycles. The number of fused-ring (bicyclic) bond motifs is 1. The minimum absolute atomic E-state index is 0.981. The molecule has 0 aromatic rings. The molecular formula is C9H17NS. The van der Waals surface area contributed by atoms with Crippen LogP contribution in [0.3, 0.4) is 0 Å². The highest BCUT2D eigenvalue weighted by Gasteiger charge is 2.29. The molecular weight excluding hydrogens is 154 g/mol. The van der Waals surface area contributed by atoms with Crippen LogP contribution in [0.4, 0.5) is 0 Å². The molecule has 2 fully saturated rings. The van der Waals surface area contributed by atoms with Gasteiger partial charge in [0.05, 0.1) is 0 Å². The van der Waals surface area contributed by atoms with Crippen LogP contribution in [0.25, 0.3) is 0 Å². The zero-order valence-electron chi connectivity index (χ0n) is 7.00. The summed E-state index contributed by atoms with van der Waals surface area (Å²) in [6, 6.07) is 0. The zero-order chi connectivity index (χ0) is 7.68. The Morgan fingerprint density at radius 3 is 2.64 bits per heavy atom. The second-order valence-corrected chi connectivity index (χ2v) is 4.57. The lowest BCUT2D eigenvalue weighted by Gasteiger charge is -2.18. The molecule has 0 aromatic carbocycles. The fourth-order valence-electron chi connectivity index (χ4n) is 2.63. The van der Waals surface area contributed by atoms with Gasteiger partial charge in [-0.1, -0.05) is 25.7 Å². The Morgan fingerprint density at radius 2 is 1.73 bits per heavy atom. The average Bonchev–Trinajstić information content (AvgIpc) is 2.31. The Hall–Kier alpha value is 0.310. The molecule has 0 radical (unpaired) electrons. The van der Waals surface area contributed by atoms with Gasteiger partial charge in [-0.3, -0.25) is 4.31 Å². The SMILES string of the molecule is SN1CCCC2CCCC2C1. The Morgan fingerprint density at radius 1 is 1.00 bits per heavy atom. The number of rotatable bonds is 0. The van der Waals surface area contributed by atoms with E-state index in [0.29, 0.717) is 0 Å². The van der Waals surface area contributed by atoms with Crippen LogP contribution in [-0.4, -0.2) is 17.4 Å². The first-order valence-corrected chi connectivity index (χ1v) is 5.20. The molecule has 2 atom stereocenters. The second-order valence-electron chi connectivity index (χ2n) is 4.01. The lowest BCUT2D eigenvalue weighted by molar-refractivity contribution is 0.349. The topological polar surface area (TPSA) is 3.24 Å². The van der Waals surface area contributed by atoms with E-state index in [9.17, 15) is 0 Å². The van der Waals surface area contributed by atoms with Gasteiger partial charge in [0.1, 0.15) is 0 Å². The van der Waals surface area contributed by atoms with Crippen LogP contribution in [-0.2, 0) is 0 Å². The van der Waals surface area contributed by atoms with Crippen molar-refractivity contribution in [3.8, 4) is 0 Å². The van der Waals surface area contributed by atoms with Gasteiger partial charge in [0.15, 0.2) is 0 Å². The smallest absolute Gasteiger partial charge is 0.0118 e. The Bertz CT molecular complexity index is 138. The van der Waals surface area contributed by atoms with Crippen LogP contribution in [0.15, 0.2) is 0 Å². The maximum atomic E-state index is 4.45. The fraction of sp³-hybridized carbons (Fsp3) is 1.00. The van der Waals surface area contributed by atoms with Crippen molar-refractivity contribution >= 4 is 12.8 Å². The van der Waals surface area contributed by atoms with Crippen LogP contribution in [0.1, 0.15) is 32.1 Å². The largest absolute Gasteiger partial charge is 0.253 e. The van der Waals surface area contributed by atoms with Crippen LogP contribution in [0, 0.1) is 11.8 Å². The summed E-state index contributed by atoms with van der Waals surface area (Å²) >= 11 is 4.45. The molecule has 0 aromatic heterocycles. The summed E-state index contributed by atoms with van der Waals surface area (Å²) in [6.07, 6.45) is 7.25. The molecule has 64 valence electrons.